The van der Waals surface area contributed by atoms with Crippen LogP contribution in [0.1, 0.15) is 34.7 Å². The molecule has 27 heavy (non-hydrogen) atoms. The second-order valence-corrected chi connectivity index (χ2v) is 6.14. The number of urea groups is 1. The highest BCUT2D eigenvalue weighted by Crippen LogP contribution is 2.31. The Morgan fingerprint density at radius 3 is 2.59 bits per heavy atom. The Labute approximate surface area is 153 Å². The SMILES string of the molecule is O=C(NCC#Cc1ccc(C(F)(F)F)cc1)N[C@@H]1CCc2ccc(F)cc21. The monoisotopic (exact) mass is 376 g/mol. The average molecular weight is 376 g/mol. The zero-order chi connectivity index (χ0) is 19.4. The van der Waals surface area contributed by atoms with Crippen molar-refractivity contribution in [1.82, 2.24) is 10.6 Å². The van der Waals surface area contributed by atoms with E-state index >= 15 is 0 Å². The molecule has 0 saturated carbocycles. The number of hydrogen-bond acceptors (Lipinski definition) is 1. The lowest BCUT2D eigenvalue weighted by Crippen LogP contribution is -2.37. The Morgan fingerprint density at radius 1 is 1.15 bits per heavy atom. The quantitative estimate of drug-likeness (QED) is 0.599. The first-order valence-corrected chi connectivity index (χ1v) is 8.32. The summed E-state index contributed by atoms with van der Waals surface area (Å²) < 4.78 is 50.8. The second kappa shape index (κ2) is 7.70. The van der Waals surface area contributed by atoms with E-state index < -0.39 is 17.8 Å². The van der Waals surface area contributed by atoms with Crippen LogP contribution in [-0.4, -0.2) is 12.6 Å². The van der Waals surface area contributed by atoms with E-state index in [9.17, 15) is 22.4 Å². The van der Waals surface area contributed by atoms with Gasteiger partial charge in [-0.2, -0.15) is 13.2 Å². The Kier molecular flexibility index (Phi) is 5.36. The van der Waals surface area contributed by atoms with Gasteiger partial charge in [-0.25, -0.2) is 9.18 Å². The normalized spacial score (nSPS) is 15.5. The number of rotatable bonds is 2. The van der Waals surface area contributed by atoms with Crippen LogP contribution in [0.2, 0.25) is 0 Å². The van der Waals surface area contributed by atoms with Crippen molar-refractivity contribution in [1.29, 1.82) is 0 Å². The summed E-state index contributed by atoms with van der Waals surface area (Å²) in [6, 6.07) is 8.34. The van der Waals surface area contributed by atoms with Gasteiger partial charge < -0.3 is 10.6 Å². The zero-order valence-electron chi connectivity index (χ0n) is 14.2. The second-order valence-electron chi connectivity index (χ2n) is 6.14. The third-order valence-electron chi connectivity index (χ3n) is 4.27. The Morgan fingerprint density at radius 2 is 1.89 bits per heavy atom. The molecule has 0 aliphatic heterocycles. The van der Waals surface area contributed by atoms with E-state index in [4.69, 9.17) is 0 Å². The van der Waals surface area contributed by atoms with Gasteiger partial charge in [0, 0.05) is 5.56 Å². The molecule has 0 aromatic heterocycles. The maximum Gasteiger partial charge on any atom is 0.416 e. The predicted molar refractivity (Wildman–Crippen MR) is 92.3 cm³/mol. The first-order valence-electron chi connectivity index (χ1n) is 8.32. The molecule has 2 aromatic rings. The summed E-state index contributed by atoms with van der Waals surface area (Å²) >= 11 is 0. The molecule has 7 heteroatoms. The number of benzene rings is 2. The molecule has 3 nitrogen and oxygen atoms in total. The topological polar surface area (TPSA) is 41.1 Å². The van der Waals surface area contributed by atoms with E-state index in [-0.39, 0.29) is 18.4 Å². The highest BCUT2D eigenvalue weighted by molar-refractivity contribution is 5.75. The van der Waals surface area contributed by atoms with Crippen LogP contribution in [-0.2, 0) is 12.6 Å². The van der Waals surface area contributed by atoms with Crippen LogP contribution in [0.3, 0.4) is 0 Å². The Bertz CT molecular complexity index is 895. The molecule has 1 aliphatic carbocycles. The zero-order valence-corrected chi connectivity index (χ0v) is 14.2. The summed E-state index contributed by atoms with van der Waals surface area (Å²) in [4.78, 5) is 12.0. The summed E-state index contributed by atoms with van der Waals surface area (Å²) in [5.41, 5.74) is 1.48. The molecule has 0 radical (unpaired) electrons. The van der Waals surface area contributed by atoms with Gasteiger partial charge in [-0.05, 0) is 60.4 Å². The van der Waals surface area contributed by atoms with E-state index in [1.54, 1.807) is 6.07 Å². The number of nitrogens with one attached hydrogen (secondary N) is 2. The minimum Gasteiger partial charge on any atom is -0.331 e. The lowest BCUT2D eigenvalue weighted by molar-refractivity contribution is -0.137. The molecule has 0 bridgehead atoms. The van der Waals surface area contributed by atoms with Gasteiger partial charge in [-0.3, -0.25) is 0 Å². The number of aryl methyl sites for hydroxylation is 1. The smallest absolute Gasteiger partial charge is 0.331 e. The van der Waals surface area contributed by atoms with Crippen molar-refractivity contribution < 1.29 is 22.4 Å². The van der Waals surface area contributed by atoms with Gasteiger partial charge in [-0.15, -0.1) is 0 Å². The van der Waals surface area contributed by atoms with Gasteiger partial charge in [0.1, 0.15) is 5.82 Å². The van der Waals surface area contributed by atoms with E-state index in [0.29, 0.717) is 12.0 Å². The molecule has 140 valence electrons. The van der Waals surface area contributed by atoms with Crippen LogP contribution in [0, 0.1) is 17.7 Å². The number of amides is 2. The van der Waals surface area contributed by atoms with Crippen LogP contribution in [0.4, 0.5) is 22.4 Å². The van der Waals surface area contributed by atoms with Crippen molar-refractivity contribution >= 4 is 6.03 Å². The van der Waals surface area contributed by atoms with Crippen molar-refractivity contribution in [3.8, 4) is 11.8 Å². The molecule has 2 aromatic carbocycles. The summed E-state index contributed by atoms with van der Waals surface area (Å²) in [5, 5.41) is 5.34. The largest absolute Gasteiger partial charge is 0.416 e. The number of alkyl halides is 3. The van der Waals surface area contributed by atoms with Gasteiger partial charge in [0.2, 0.25) is 0 Å². The minimum atomic E-state index is -4.38. The molecule has 0 saturated heterocycles. The molecule has 2 N–H and O–H groups in total. The molecule has 3 rings (SSSR count). The number of hydrogen-bond donors (Lipinski definition) is 2. The predicted octanol–water partition coefficient (Wildman–Crippen LogP) is 4.18. The first kappa shape index (κ1) is 18.8. The van der Waals surface area contributed by atoms with Crippen LogP contribution in [0.5, 0.6) is 0 Å². The van der Waals surface area contributed by atoms with Crippen LogP contribution >= 0.6 is 0 Å². The number of halogens is 4. The lowest BCUT2D eigenvalue weighted by atomic mass is 10.1. The van der Waals surface area contributed by atoms with E-state index in [2.05, 4.69) is 22.5 Å². The van der Waals surface area contributed by atoms with Gasteiger partial charge in [0.25, 0.3) is 0 Å². The van der Waals surface area contributed by atoms with Crippen LogP contribution in [0.25, 0.3) is 0 Å². The average Bonchev–Trinajstić information content (AvgIpc) is 3.00. The number of fused-ring (bicyclic) bond motifs is 1. The van der Waals surface area contributed by atoms with Crippen molar-refractivity contribution in [2.24, 2.45) is 0 Å². The number of carbonyl (C=O) groups excluding carboxylic acids is 1. The molecule has 1 aliphatic rings. The molecule has 0 fully saturated rings. The molecule has 0 heterocycles. The van der Waals surface area contributed by atoms with Crippen molar-refractivity contribution in [3.63, 3.8) is 0 Å². The van der Waals surface area contributed by atoms with Gasteiger partial charge in [0.05, 0.1) is 18.2 Å². The van der Waals surface area contributed by atoms with Crippen molar-refractivity contribution in [2.75, 3.05) is 6.54 Å². The highest BCUT2D eigenvalue weighted by atomic mass is 19.4. The Balaban J connectivity index is 1.50. The molecular weight excluding hydrogens is 360 g/mol. The maximum absolute atomic E-state index is 13.4. The Hall–Kier alpha value is -3.01. The third kappa shape index (κ3) is 4.79. The molecule has 0 spiro atoms. The van der Waals surface area contributed by atoms with Crippen LogP contribution < -0.4 is 10.6 Å². The molecule has 1 atom stereocenters. The van der Waals surface area contributed by atoms with E-state index in [1.807, 2.05) is 0 Å². The lowest BCUT2D eigenvalue weighted by Gasteiger charge is -2.14. The fourth-order valence-corrected chi connectivity index (χ4v) is 2.95. The van der Waals surface area contributed by atoms with Crippen molar-refractivity contribution in [2.45, 2.75) is 25.1 Å². The molecule has 2 amide bonds. The van der Waals surface area contributed by atoms with Gasteiger partial charge >= 0.3 is 12.2 Å². The minimum absolute atomic E-state index is 0.0373. The first-order chi connectivity index (χ1) is 12.8. The summed E-state index contributed by atoms with van der Waals surface area (Å²) in [6.07, 6.45) is -2.91. The van der Waals surface area contributed by atoms with Gasteiger partial charge in [0.15, 0.2) is 0 Å². The fourth-order valence-electron chi connectivity index (χ4n) is 2.95. The van der Waals surface area contributed by atoms with Crippen LogP contribution in [0.15, 0.2) is 42.5 Å². The number of carbonyl (C=O) groups is 1. The fraction of sp³-hybridized carbons (Fsp3) is 0.250. The standard InChI is InChI=1S/C20H16F4N2O/c21-16-9-5-14-6-10-18(17(14)12-16)26-19(27)25-11-1-2-13-3-7-15(8-4-13)20(22,23)24/h3-5,7-9,12,18H,6,10-11H2,(H2,25,26,27)/t18-/m1/s1. The summed E-state index contributed by atoms with van der Waals surface area (Å²) in [5.74, 6) is 5.02. The molecular formula is C20H16F4N2O. The van der Waals surface area contributed by atoms with Gasteiger partial charge in [-0.1, -0.05) is 17.9 Å². The summed E-state index contributed by atoms with van der Waals surface area (Å²) in [7, 11) is 0. The summed E-state index contributed by atoms with van der Waals surface area (Å²) in [6.45, 7) is 0.0373. The van der Waals surface area contributed by atoms with E-state index in [0.717, 1.165) is 29.7 Å². The third-order valence-corrected chi connectivity index (χ3v) is 4.27. The molecule has 0 unspecified atom stereocenters. The highest BCUT2D eigenvalue weighted by Gasteiger charge is 2.29. The van der Waals surface area contributed by atoms with Crippen molar-refractivity contribution in [3.05, 3.63) is 70.5 Å². The maximum atomic E-state index is 13.4. The van der Waals surface area contributed by atoms with E-state index in [1.165, 1.54) is 24.3 Å².